The summed E-state index contributed by atoms with van der Waals surface area (Å²) in [7, 11) is -1.37. The molecular weight excluding hydrogens is 254 g/mol. The summed E-state index contributed by atoms with van der Waals surface area (Å²) in [6.45, 7) is 5.56. The fourth-order valence-corrected chi connectivity index (χ4v) is 3.15. The third-order valence-corrected chi connectivity index (χ3v) is 4.65. The van der Waals surface area contributed by atoms with Crippen LogP contribution in [0.15, 0.2) is 0 Å². The van der Waals surface area contributed by atoms with Gasteiger partial charge in [0.25, 0.3) is 0 Å². The Morgan fingerprint density at radius 3 is 2.44 bits per heavy atom. The Morgan fingerprint density at radius 2 is 1.89 bits per heavy atom. The molecule has 0 heterocycles. The highest BCUT2D eigenvalue weighted by Gasteiger charge is 2.23. The fraction of sp³-hybridized carbons (Fsp3) is 1.00. The molecule has 0 spiro atoms. The minimum absolute atomic E-state index is 0.0614. The van der Waals surface area contributed by atoms with Gasteiger partial charge in [0.2, 0.25) is 0 Å². The van der Waals surface area contributed by atoms with Gasteiger partial charge in [-0.05, 0) is 32.7 Å². The molecule has 0 amide bonds. The maximum atomic E-state index is 11.5. The molecule has 0 saturated heterocycles. The zero-order valence-electron chi connectivity index (χ0n) is 11.7. The molecule has 2 N–H and O–H groups in total. The third kappa shape index (κ3) is 9.82. The molecule has 0 saturated carbocycles. The molecule has 1 atom stereocenters. The number of aliphatic hydroxyl groups is 1. The van der Waals surface area contributed by atoms with Crippen LogP contribution in [0.2, 0.25) is 0 Å². The van der Waals surface area contributed by atoms with Gasteiger partial charge in [0.05, 0.1) is 18.0 Å². The first-order valence-electron chi connectivity index (χ1n) is 6.45. The third-order valence-electron chi connectivity index (χ3n) is 2.79. The molecule has 0 fully saturated rings. The van der Waals surface area contributed by atoms with Gasteiger partial charge in [0, 0.05) is 19.4 Å². The lowest BCUT2D eigenvalue weighted by atomic mass is 9.99. The number of nitrogens with one attached hydrogen (secondary N) is 1. The highest BCUT2D eigenvalue weighted by Crippen LogP contribution is 2.15. The Balaban J connectivity index is 3.86. The largest absolute Gasteiger partial charge is 0.390 e. The number of hydrogen-bond acceptors (Lipinski definition) is 5. The van der Waals surface area contributed by atoms with E-state index in [1.54, 1.807) is 14.0 Å². The van der Waals surface area contributed by atoms with Crippen molar-refractivity contribution >= 4 is 9.84 Å². The summed E-state index contributed by atoms with van der Waals surface area (Å²) >= 11 is 0. The second-order valence-electron chi connectivity index (χ2n) is 4.89. The molecule has 0 rings (SSSR count). The average molecular weight is 281 g/mol. The molecule has 0 aromatic heterocycles. The molecule has 0 radical (unpaired) electrons. The first-order chi connectivity index (χ1) is 8.33. The van der Waals surface area contributed by atoms with E-state index in [2.05, 4.69) is 5.32 Å². The van der Waals surface area contributed by atoms with E-state index < -0.39 is 15.4 Å². The Morgan fingerprint density at radius 1 is 1.22 bits per heavy atom. The fourth-order valence-electron chi connectivity index (χ4n) is 1.57. The molecule has 0 aromatic carbocycles. The lowest BCUT2D eigenvalue weighted by molar-refractivity contribution is 0.0475. The van der Waals surface area contributed by atoms with E-state index in [9.17, 15) is 13.5 Å². The number of sulfone groups is 1. The van der Waals surface area contributed by atoms with Crippen LogP contribution in [0.5, 0.6) is 0 Å². The van der Waals surface area contributed by atoms with Gasteiger partial charge >= 0.3 is 0 Å². The first-order valence-corrected chi connectivity index (χ1v) is 8.27. The van der Waals surface area contributed by atoms with E-state index in [0.29, 0.717) is 32.4 Å². The summed E-state index contributed by atoms with van der Waals surface area (Å²) in [6.07, 6.45) is 1.46. The summed E-state index contributed by atoms with van der Waals surface area (Å²) in [4.78, 5) is 0. The van der Waals surface area contributed by atoms with E-state index >= 15 is 0 Å². The highest BCUT2D eigenvalue weighted by molar-refractivity contribution is 7.91. The summed E-state index contributed by atoms with van der Waals surface area (Å²) < 4.78 is 28.0. The quantitative estimate of drug-likeness (QED) is 0.542. The molecule has 0 aliphatic heterocycles. The molecule has 0 bridgehead atoms. The van der Waals surface area contributed by atoms with Crippen molar-refractivity contribution in [1.29, 1.82) is 0 Å². The molecule has 6 heteroatoms. The van der Waals surface area contributed by atoms with Crippen molar-refractivity contribution in [2.75, 3.05) is 38.3 Å². The topological polar surface area (TPSA) is 75.6 Å². The standard InChI is InChI=1S/C12H27NO4S/c1-4-10-18(15,16)11-6-12(2,14)5-7-13-8-9-17-3/h13-14H,4-11H2,1-3H3. The van der Waals surface area contributed by atoms with Crippen LogP contribution in [0.25, 0.3) is 0 Å². The SMILES string of the molecule is CCCS(=O)(=O)CCC(C)(O)CCNCCOC. The zero-order chi connectivity index (χ0) is 14.1. The summed E-state index contributed by atoms with van der Waals surface area (Å²) in [5.74, 6) is 0.265. The van der Waals surface area contributed by atoms with Crippen molar-refractivity contribution in [3.05, 3.63) is 0 Å². The molecule has 0 aliphatic rings. The zero-order valence-corrected chi connectivity index (χ0v) is 12.6. The van der Waals surface area contributed by atoms with Crippen LogP contribution in [0.3, 0.4) is 0 Å². The maximum absolute atomic E-state index is 11.5. The van der Waals surface area contributed by atoms with E-state index in [0.717, 1.165) is 6.54 Å². The lowest BCUT2D eigenvalue weighted by Crippen LogP contribution is -2.33. The van der Waals surface area contributed by atoms with Crippen molar-refractivity contribution in [1.82, 2.24) is 5.32 Å². The van der Waals surface area contributed by atoms with Crippen LogP contribution in [-0.2, 0) is 14.6 Å². The smallest absolute Gasteiger partial charge is 0.150 e. The van der Waals surface area contributed by atoms with Gasteiger partial charge in [-0.2, -0.15) is 0 Å². The molecule has 1 unspecified atom stereocenters. The lowest BCUT2D eigenvalue weighted by Gasteiger charge is -2.23. The predicted molar refractivity (Wildman–Crippen MR) is 73.5 cm³/mol. The number of ether oxygens (including phenoxy) is 1. The Labute approximate surface area is 111 Å². The summed E-state index contributed by atoms with van der Waals surface area (Å²) in [5, 5.41) is 13.2. The van der Waals surface area contributed by atoms with Gasteiger partial charge in [0.1, 0.15) is 9.84 Å². The molecule has 18 heavy (non-hydrogen) atoms. The Hall–Kier alpha value is -0.170. The van der Waals surface area contributed by atoms with E-state index in [1.807, 2.05) is 6.92 Å². The van der Waals surface area contributed by atoms with E-state index in [4.69, 9.17) is 4.74 Å². The van der Waals surface area contributed by atoms with E-state index in [1.165, 1.54) is 0 Å². The van der Waals surface area contributed by atoms with Crippen LogP contribution in [0, 0.1) is 0 Å². The Bertz CT molecular complexity index is 301. The second kappa shape index (κ2) is 8.85. The first kappa shape index (κ1) is 17.8. The molecular formula is C12H27NO4S. The number of rotatable bonds is 11. The van der Waals surface area contributed by atoms with Gasteiger partial charge in [-0.3, -0.25) is 0 Å². The van der Waals surface area contributed by atoms with Gasteiger partial charge in [0.15, 0.2) is 0 Å². The van der Waals surface area contributed by atoms with Crippen molar-refractivity contribution < 1.29 is 18.3 Å². The number of hydrogen-bond donors (Lipinski definition) is 2. The predicted octanol–water partition coefficient (Wildman–Crippen LogP) is 0.578. The van der Waals surface area contributed by atoms with Gasteiger partial charge < -0.3 is 15.2 Å². The van der Waals surface area contributed by atoms with Crippen molar-refractivity contribution in [2.45, 2.75) is 38.7 Å². The van der Waals surface area contributed by atoms with Gasteiger partial charge in [-0.1, -0.05) is 6.92 Å². The van der Waals surface area contributed by atoms with Crippen LogP contribution in [-0.4, -0.2) is 57.4 Å². The van der Waals surface area contributed by atoms with Crippen LogP contribution < -0.4 is 5.32 Å². The van der Waals surface area contributed by atoms with Crippen molar-refractivity contribution in [2.24, 2.45) is 0 Å². The molecule has 110 valence electrons. The normalized spacial score (nSPS) is 15.6. The summed E-state index contributed by atoms with van der Waals surface area (Å²) in [5.41, 5.74) is -0.930. The van der Waals surface area contributed by atoms with Gasteiger partial charge in [-0.25, -0.2) is 8.42 Å². The monoisotopic (exact) mass is 281 g/mol. The number of methoxy groups -OCH3 is 1. The highest BCUT2D eigenvalue weighted by atomic mass is 32.2. The summed E-state index contributed by atoms with van der Waals surface area (Å²) in [6, 6.07) is 0. The Kier molecular flexibility index (Phi) is 8.77. The molecule has 0 aromatic rings. The molecule has 5 nitrogen and oxygen atoms in total. The van der Waals surface area contributed by atoms with Crippen LogP contribution in [0.4, 0.5) is 0 Å². The second-order valence-corrected chi connectivity index (χ2v) is 7.20. The average Bonchev–Trinajstić information content (AvgIpc) is 2.27. The van der Waals surface area contributed by atoms with E-state index in [-0.39, 0.29) is 11.5 Å². The van der Waals surface area contributed by atoms with Crippen LogP contribution >= 0.6 is 0 Å². The maximum Gasteiger partial charge on any atom is 0.150 e. The van der Waals surface area contributed by atoms with Crippen molar-refractivity contribution in [3.8, 4) is 0 Å². The minimum atomic E-state index is -3.00. The van der Waals surface area contributed by atoms with Crippen molar-refractivity contribution in [3.63, 3.8) is 0 Å². The van der Waals surface area contributed by atoms with Gasteiger partial charge in [-0.15, -0.1) is 0 Å². The van der Waals surface area contributed by atoms with Crippen LogP contribution in [0.1, 0.15) is 33.1 Å². The minimum Gasteiger partial charge on any atom is -0.390 e. The molecule has 0 aliphatic carbocycles.